The fraction of sp³-hybridized carbons (Fsp3) is 0.350. The van der Waals surface area contributed by atoms with Crippen molar-refractivity contribution in [2.45, 2.75) is 31.6 Å². The number of rotatable bonds is 7. The summed E-state index contributed by atoms with van der Waals surface area (Å²) in [6.45, 7) is 2.91. The van der Waals surface area contributed by atoms with Gasteiger partial charge in [0.1, 0.15) is 11.1 Å². The van der Waals surface area contributed by atoms with Gasteiger partial charge in [0.2, 0.25) is 5.91 Å². The van der Waals surface area contributed by atoms with Crippen LogP contribution in [0.1, 0.15) is 37.1 Å². The number of carbonyl (C=O) groups is 1. The Bertz CT molecular complexity index is 703. The summed E-state index contributed by atoms with van der Waals surface area (Å²) in [7, 11) is 0. The summed E-state index contributed by atoms with van der Waals surface area (Å²) >= 11 is 7.62. The smallest absolute Gasteiger partial charge is 0.238 e. The third-order valence-electron chi connectivity index (χ3n) is 4.15. The van der Waals surface area contributed by atoms with E-state index in [9.17, 15) is 4.79 Å². The Kier molecular flexibility index (Phi) is 6.27. The van der Waals surface area contributed by atoms with Gasteiger partial charge in [-0.05, 0) is 48.4 Å². The molecule has 1 heterocycles. The molecule has 0 aromatic heterocycles. The lowest BCUT2D eigenvalue weighted by Gasteiger charge is -2.24. The monoisotopic (exact) mass is 375 g/mol. The molecular formula is C20H22ClNO2S. The van der Waals surface area contributed by atoms with Gasteiger partial charge in [0.25, 0.3) is 0 Å². The van der Waals surface area contributed by atoms with E-state index in [1.807, 2.05) is 53.4 Å². The van der Waals surface area contributed by atoms with Gasteiger partial charge in [-0.1, -0.05) is 43.5 Å². The second kappa shape index (κ2) is 8.63. The van der Waals surface area contributed by atoms with Crippen molar-refractivity contribution in [1.82, 2.24) is 0 Å². The van der Waals surface area contributed by atoms with Crippen molar-refractivity contribution in [2.24, 2.45) is 0 Å². The van der Waals surface area contributed by atoms with Crippen molar-refractivity contribution >= 4 is 35.0 Å². The van der Waals surface area contributed by atoms with Crippen molar-refractivity contribution in [3.8, 4) is 5.75 Å². The fourth-order valence-corrected chi connectivity index (χ4v) is 4.13. The number of carbonyl (C=O) groups excluding carboxylic acids is 1. The molecule has 0 radical (unpaired) electrons. The number of hydrogen-bond acceptors (Lipinski definition) is 3. The van der Waals surface area contributed by atoms with E-state index in [-0.39, 0.29) is 11.3 Å². The maximum Gasteiger partial charge on any atom is 0.238 e. The highest BCUT2D eigenvalue weighted by Gasteiger charge is 2.33. The van der Waals surface area contributed by atoms with Gasteiger partial charge in [-0.25, -0.2) is 0 Å². The Morgan fingerprint density at radius 1 is 1.12 bits per heavy atom. The molecule has 0 N–H and O–H groups in total. The molecular weight excluding hydrogens is 354 g/mol. The highest BCUT2D eigenvalue weighted by atomic mass is 35.5. The van der Waals surface area contributed by atoms with Gasteiger partial charge in [0, 0.05) is 10.7 Å². The summed E-state index contributed by atoms with van der Waals surface area (Å²) in [5.74, 6) is 1.46. The summed E-state index contributed by atoms with van der Waals surface area (Å²) in [5.41, 5.74) is 1.98. The zero-order chi connectivity index (χ0) is 17.6. The lowest BCUT2D eigenvalue weighted by Crippen LogP contribution is -2.27. The number of halogens is 1. The van der Waals surface area contributed by atoms with Crippen molar-refractivity contribution < 1.29 is 9.53 Å². The normalized spacial score (nSPS) is 17.1. The molecule has 1 atom stereocenters. The summed E-state index contributed by atoms with van der Waals surface area (Å²) < 4.78 is 5.75. The van der Waals surface area contributed by atoms with Crippen LogP contribution < -0.4 is 9.64 Å². The van der Waals surface area contributed by atoms with Crippen molar-refractivity contribution in [3.05, 3.63) is 59.1 Å². The molecule has 2 aromatic rings. The first-order chi connectivity index (χ1) is 12.2. The van der Waals surface area contributed by atoms with Crippen LogP contribution in [0.2, 0.25) is 5.02 Å². The first-order valence-electron chi connectivity index (χ1n) is 8.61. The molecule has 0 saturated carbocycles. The predicted octanol–water partition coefficient (Wildman–Crippen LogP) is 5.69. The zero-order valence-corrected chi connectivity index (χ0v) is 15.9. The number of anilines is 1. The van der Waals surface area contributed by atoms with Crippen LogP contribution in [-0.4, -0.2) is 18.3 Å². The number of unbranched alkanes of at least 4 members (excludes halogenated alkanes) is 2. The van der Waals surface area contributed by atoms with Crippen molar-refractivity contribution in [2.75, 3.05) is 17.3 Å². The number of hydrogen-bond donors (Lipinski definition) is 0. The molecule has 2 aromatic carbocycles. The number of ether oxygens (including phenoxy) is 1. The third-order valence-corrected chi connectivity index (χ3v) is 5.62. The Labute approximate surface area is 158 Å². The second-order valence-corrected chi connectivity index (χ2v) is 7.53. The molecule has 0 unspecified atom stereocenters. The molecule has 132 valence electrons. The topological polar surface area (TPSA) is 29.5 Å². The molecule has 3 nitrogen and oxygen atoms in total. The summed E-state index contributed by atoms with van der Waals surface area (Å²) in [6, 6.07) is 15.5. The highest BCUT2D eigenvalue weighted by molar-refractivity contribution is 8.00. The molecule has 0 spiro atoms. The van der Waals surface area contributed by atoms with Crippen LogP contribution >= 0.6 is 23.4 Å². The van der Waals surface area contributed by atoms with Gasteiger partial charge in [-0.15, -0.1) is 11.8 Å². The maximum atomic E-state index is 12.4. The Hall–Kier alpha value is -1.65. The van der Waals surface area contributed by atoms with Gasteiger partial charge >= 0.3 is 0 Å². The number of thioether (sulfide) groups is 1. The molecule has 1 saturated heterocycles. The van der Waals surface area contributed by atoms with Gasteiger partial charge in [0.15, 0.2) is 0 Å². The molecule has 1 fully saturated rings. The zero-order valence-electron chi connectivity index (χ0n) is 14.3. The fourth-order valence-electron chi connectivity index (χ4n) is 2.82. The third kappa shape index (κ3) is 4.50. The Morgan fingerprint density at radius 2 is 1.84 bits per heavy atom. The van der Waals surface area contributed by atoms with Gasteiger partial charge in [0.05, 0.1) is 12.4 Å². The minimum atomic E-state index is -0.0129. The minimum Gasteiger partial charge on any atom is -0.494 e. The lowest BCUT2D eigenvalue weighted by molar-refractivity contribution is -0.115. The van der Waals surface area contributed by atoms with Crippen molar-refractivity contribution in [1.29, 1.82) is 0 Å². The minimum absolute atomic E-state index is 0.0129. The van der Waals surface area contributed by atoms with Crippen LogP contribution in [0.25, 0.3) is 0 Å². The SMILES string of the molecule is CCCCCOc1ccc(N2C(=O)CS[C@@H]2c2ccc(Cl)cc2)cc1. The van der Waals surface area contributed by atoms with Gasteiger partial charge < -0.3 is 4.74 Å². The second-order valence-electron chi connectivity index (χ2n) is 6.03. The molecule has 1 aliphatic rings. The number of benzene rings is 2. The first kappa shape index (κ1) is 18.2. The molecule has 3 rings (SSSR count). The molecule has 5 heteroatoms. The standard InChI is InChI=1S/C20H22ClNO2S/c1-2-3-4-13-24-18-11-9-17(10-12-18)22-19(23)14-25-20(22)15-5-7-16(21)8-6-15/h5-12,20H,2-4,13-14H2,1H3/t20-/m1/s1. The van der Waals surface area contributed by atoms with E-state index in [1.54, 1.807) is 11.8 Å². The highest BCUT2D eigenvalue weighted by Crippen LogP contribution is 2.42. The Morgan fingerprint density at radius 3 is 2.52 bits per heavy atom. The van der Waals surface area contributed by atoms with Gasteiger partial charge in [-0.3, -0.25) is 9.69 Å². The summed E-state index contributed by atoms with van der Waals surface area (Å²) in [5, 5.41) is 0.690. The number of nitrogens with zero attached hydrogens (tertiary/aromatic N) is 1. The van der Waals surface area contributed by atoms with E-state index in [0.717, 1.165) is 30.0 Å². The largest absolute Gasteiger partial charge is 0.494 e. The average Bonchev–Trinajstić information content (AvgIpc) is 3.01. The maximum absolute atomic E-state index is 12.4. The van der Waals surface area contributed by atoms with Crippen LogP contribution in [0.15, 0.2) is 48.5 Å². The van der Waals surface area contributed by atoms with Crippen LogP contribution in [-0.2, 0) is 4.79 Å². The predicted molar refractivity (Wildman–Crippen MR) is 106 cm³/mol. The van der Waals surface area contributed by atoms with Crippen LogP contribution in [0.5, 0.6) is 5.75 Å². The quantitative estimate of drug-likeness (QED) is 0.582. The lowest BCUT2D eigenvalue weighted by atomic mass is 10.2. The average molecular weight is 376 g/mol. The Balaban J connectivity index is 1.72. The van der Waals surface area contributed by atoms with E-state index in [0.29, 0.717) is 10.8 Å². The molecule has 0 bridgehead atoms. The van der Waals surface area contributed by atoms with Crippen LogP contribution in [0, 0.1) is 0 Å². The molecule has 25 heavy (non-hydrogen) atoms. The number of amides is 1. The van der Waals surface area contributed by atoms with Crippen LogP contribution in [0.3, 0.4) is 0 Å². The van der Waals surface area contributed by atoms with Crippen LogP contribution in [0.4, 0.5) is 5.69 Å². The van der Waals surface area contributed by atoms with Gasteiger partial charge in [-0.2, -0.15) is 0 Å². The van der Waals surface area contributed by atoms with E-state index < -0.39 is 0 Å². The van der Waals surface area contributed by atoms with Crippen molar-refractivity contribution in [3.63, 3.8) is 0 Å². The van der Waals surface area contributed by atoms with E-state index in [2.05, 4.69) is 6.92 Å². The summed E-state index contributed by atoms with van der Waals surface area (Å²) in [4.78, 5) is 14.3. The molecule has 0 aliphatic carbocycles. The first-order valence-corrected chi connectivity index (χ1v) is 10.0. The van der Waals surface area contributed by atoms with E-state index in [4.69, 9.17) is 16.3 Å². The summed E-state index contributed by atoms with van der Waals surface area (Å²) in [6.07, 6.45) is 3.43. The molecule has 1 amide bonds. The van der Waals surface area contributed by atoms with E-state index >= 15 is 0 Å². The molecule has 1 aliphatic heterocycles. The van der Waals surface area contributed by atoms with E-state index in [1.165, 1.54) is 12.8 Å².